The van der Waals surface area contributed by atoms with Crippen LogP contribution in [0, 0.1) is 6.92 Å². The maximum absolute atomic E-state index is 4.89. The number of hydrogen-bond acceptors (Lipinski definition) is 5. The first-order chi connectivity index (χ1) is 13.2. The molecular weight excluding hydrogens is 334 g/mol. The molecule has 2 saturated heterocycles. The minimum Gasteiger partial charge on any atom is -0.341 e. The van der Waals surface area contributed by atoms with Crippen molar-refractivity contribution in [1.29, 1.82) is 0 Å². The molecule has 0 aromatic carbocycles. The fraction of sp³-hybridized carbons (Fsp3) is 0.818. The Kier molecular flexibility index (Phi) is 7.89. The summed E-state index contributed by atoms with van der Waals surface area (Å²) in [6, 6.07) is 0.927. The van der Waals surface area contributed by atoms with E-state index in [4.69, 9.17) is 9.97 Å². The average Bonchev–Trinajstić information content (AvgIpc) is 2.63. The Labute approximate surface area is 165 Å². The van der Waals surface area contributed by atoms with Gasteiger partial charge in [-0.2, -0.15) is 0 Å². The first kappa shape index (κ1) is 20.5. The van der Waals surface area contributed by atoms with E-state index in [9.17, 15) is 0 Å². The number of nitrogens with zero attached hydrogens (tertiary/aromatic N) is 4. The molecule has 0 bridgehead atoms. The summed E-state index contributed by atoms with van der Waals surface area (Å²) in [6.45, 7) is 12.6. The molecule has 0 amide bonds. The van der Waals surface area contributed by atoms with Gasteiger partial charge in [-0.05, 0) is 65.6 Å². The Hall–Kier alpha value is -1.20. The third kappa shape index (κ3) is 5.89. The summed E-state index contributed by atoms with van der Waals surface area (Å²) in [5.74, 6) is 0.929. The van der Waals surface area contributed by atoms with E-state index in [-0.39, 0.29) is 0 Å². The first-order valence-corrected chi connectivity index (χ1v) is 11.2. The van der Waals surface area contributed by atoms with Crippen LogP contribution in [0.4, 0.5) is 5.95 Å². The standard InChI is InChI=1S/C22H39N5/c1-4-12-26-15-10-20(11-16-26)24-18(2)21-17-23-22(25-19(21)3)27-13-8-6-5-7-9-14-27/h17-18,20,24H,4-16H2,1-3H3. The summed E-state index contributed by atoms with van der Waals surface area (Å²) in [7, 11) is 0. The molecule has 1 aromatic heterocycles. The largest absolute Gasteiger partial charge is 0.341 e. The fourth-order valence-electron chi connectivity index (χ4n) is 4.57. The average molecular weight is 374 g/mol. The number of nitrogens with one attached hydrogen (secondary N) is 1. The molecule has 2 aliphatic heterocycles. The fourth-order valence-corrected chi connectivity index (χ4v) is 4.57. The lowest BCUT2D eigenvalue weighted by Gasteiger charge is -2.34. The van der Waals surface area contributed by atoms with Gasteiger partial charge in [0.2, 0.25) is 5.95 Å². The molecular formula is C22H39N5. The van der Waals surface area contributed by atoms with Crippen molar-refractivity contribution in [3.05, 3.63) is 17.5 Å². The van der Waals surface area contributed by atoms with Crippen LogP contribution in [0.25, 0.3) is 0 Å². The quantitative estimate of drug-likeness (QED) is 0.814. The van der Waals surface area contributed by atoms with Gasteiger partial charge in [-0.1, -0.05) is 26.2 Å². The van der Waals surface area contributed by atoms with E-state index in [1.807, 2.05) is 0 Å². The molecule has 0 saturated carbocycles. The van der Waals surface area contributed by atoms with Gasteiger partial charge in [0.1, 0.15) is 0 Å². The lowest BCUT2D eigenvalue weighted by Crippen LogP contribution is -2.43. The summed E-state index contributed by atoms with van der Waals surface area (Å²) in [6.07, 6.45) is 12.4. The zero-order chi connectivity index (χ0) is 19.1. The molecule has 0 radical (unpaired) electrons. The van der Waals surface area contributed by atoms with Crippen LogP contribution < -0.4 is 10.2 Å². The Morgan fingerprint density at radius 2 is 1.74 bits per heavy atom. The molecule has 1 N–H and O–H groups in total. The van der Waals surface area contributed by atoms with Gasteiger partial charge < -0.3 is 15.1 Å². The molecule has 0 spiro atoms. The maximum Gasteiger partial charge on any atom is 0.225 e. The van der Waals surface area contributed by atoms with Crippen LogP contribution in [0.1, 0.15) is 82.5 Å². The van der Waals surface area contributed by atoms with Gasteiger partial charge in [0.05, 0.1) is 0 Å². The number of hydrogen-bond donors (Lipinski definition) is 1. The molecule has 1 aromatic rings. The van der Waals surface area contributed by atoms with Crippen molar-refractivity contribution >= 4 is 5.95 Å². The summed E-state index contributed by atoms with van der Waals surface area (Å²) < 4.78 is 0. The van der Waals surface area contributed by atoms with E-state index in [1.54, 1.807) is 0 Å². The zero-order valence-corrected chi connectivity index (χ0v) is 17.7. The van der Waals surface area contributed by atoms with Crippen LogP contribution >= 0.6 is 0 Å². The van der Waals surface area contributed by atoms with Crippen molar-refractivity contribution in [3.63, 3.8) is 0 Å². The zero-order valence-electron chi connectivity index (χ0n) is 17.7. The van der Waals surface area contributed by atoms with Gasteiger partial charge in [0, 0.05) is 42.6 Å². The number of rotatable bonds is 6. The highest BCUT2D eigenvalue weighted by molar-refractivity contribution is 5.34. The molecule has 2 aliphatic rings. The van der Waals surface area contributed by atoms with Crippen LogP contribution in [0.5, 0.6) is 0 Å². The summed E-state index contributed by atoms with van der Waals surface area (Å²) in [4.78, 5) is 14.6. The Bertz CT molecular complexity index is 560. The first-order valence-electron chi connectivity index (χ1n) is 11.2. The molecule has 5 heteroatoms. The summed E-state index contributed by atoms with van der Waals surface area (Å²) >= 11 is 0. The molecule has 1 atom stereocenters. The third-order valence-corrected chi connectivity index (χ3v) is 6.22. The van der Waals surface area contributed by atoms with Crippen LogP contribution in [-0.2, 0) is 0 Å². The lowest BCUT2D eigenvalue weighted by atomic mass is 10.0. The number of anilines is 1. The Morgan fingerprint density at radius 3 is 2.37 bits per heavy atom. The lowest BCUT2D eigenvalue weighted by molar-refractivity contribution is 0.192. The van der Waals surface area contributed by atoms with E-state index < -0.39 is 0 Å². The summed E-state index contributed by atoms with van der Waals surface area (Å²) in [5.41, 5.74) is 2.38. The number of likely N-dealkylation sites (tertiary alicyclic amines) is 1. The van der Waals surface area contributed by atoms with E-state index in [0.29, 0.717) is 12.1 Å². The molecule has 3 rings (SSSR count). The van der Waals surface area contributed by atoms with Crippen molar-refractivity contribution in [1.82, 2.24) is 20.2 Å². The van der Waals surface area contributed by atoms with E-state index in [1.165, 1.54) is 76.6 Å². The monoisotopic (exact) mass is 373 g/mol. The van der Waals surface area contributed by atoms with Gasteiger partial charge in [0.15, 0.2) is 0 Å². The number of piperidine rings is 1. The van der Waals surface area contributed by atoms with Gasteiger partial charge >= 0.3 is 0 Å². The highest BCUT2D eigenvalue weighted by Gasteiger charge is 2.22. The number of aryl methyl sites for hydroxylation is 1. The maximum atomic E-state index is 4.89. The van der Waals surface area contributed by atoms with Gasteiger partial charge in [0.25, 0.3) is 0 Å². The van der Waals surface area contributed by atoms with Crippen molar-refractivity contribution in [2.45, 2.75) is 84.2 Å². The SMILES string of the molecule is CCCN1CCC(NC(C)c2cnc(N3CCCCCCC3)nc2C)CC1. The van der Waals surface area contributed by atoms with Crippen LogP contribution in [0.2, 0.25) is 0 Å². The van der Waals surface area contributed by atoms with Crippen LogP contribution in [0.3, 0.4) is 0 Å². The molecule has 152 valence electrons. The van der Waals surface area contributed by atoms with E-state index in [2.05, 4.69) is 42.1 Å². The molecule has 3 heterocycles. The normalized spacial score (nSPS) is 21.7. The molecule has 27 heavy (non-hydrogen) atoms. The minimum absolute atomic E-state index is 0.314. The van der Waals surface area contributed by atoms with Gasteiger partial charge in [-0.15, -0.1) is 0 Å². The van der Waals surface area contributed by atoms with Crippen LogP contribution in [0.15, 0.2) is 6.20 Å². The second-order valence-corrected chi connectivity index (χ2v) is 8.47. The van der Waals surface area contributed by atoms with Crippen molar-refractivity contribution < 1.29 is 0 Å². The van der Waals surface area contributed by atoms with Gasteiger partial charge in [-0.25, -0.2) is 9.97 Å². The van der Waals surface area contributed by atoms with E-state index in [0.717, 1.165) is 24.7 Å². The van der Waals surface area contributed by atoms with E-state index >= 15 is 0 Å². The molecule has 5 nitrogen and oxygen atoms in total. The second-order valence-electron chi connectivity index (χ2n) is 8.47. The predicted octanol–water partition coefficient (Wildman–Crippen LogP) is 4.08. The van der Waals surface area contributed by atoms with Crippen molar-refractivity contribution in [2.24, 2.45) is 0 Å². The van der Waals surface area contributed by atoms with Crippen LogP contribution in [-0.4, -0.2) is 53.6 Å². The topological polar surface area (TPSA) is 44.3 Å². The molecule has 1 unspecified atom stereocenters. The van der Waals surface area contributed by atoms with Crippen molar-refractivity contribution in [3.8, 4) is 0 Å². The summed E-state index contributed by atoms with van der Waals surface area (Å²) in [5, 5.41) is 3.84. The molecule has 2 fully saturated rings. The predicted molar refractivity (Wildman–Crippen MR) is 113 cm³/mol. The van der Waals surface area contributed by atoms with Gasteiger partial charge in [-0.3, -0.25) is 0 Å². The van der Waals surface area contributed by atoms with Crippen molar-refractivity contribution in [2.75, 3.05) is 37.6 Å². The Morgan fingerprint density at radius 1 is 1.07 bits per heavy atom. The molecule has 0 aliphatic carbocycles. The smallest absolute Gasteiger partial charge is 0.225 e. The highest BCUT2D eigenvalue weighted by atomic mass is 15.2. The Balaban J connectivity index is 1.56. The highest BCUT2D eigenvalue weighted by Crippen LogP contribution is 2.22. The number of aromatic nitrogens is 2. The minimum atomic E-state index is 0.314. The second kappa shape index (κ2) is 10.4. The third-order valence-electron chi connectivity index (χ3n) is 6.22.